The smallest absolute Gasteiger partial charge is 0.135 e. The van der Waals surface area contributed by atoms with Crippen molar-refractivity contribution in [2.75, 3.05) is 7.11 Å². The molecule has 0 atom stereocenters. The Bertz CT molecular complexity index is 1740. The maximum absolute atomic E-state index is 9.77. The van der Waals surface area contributed by atoms with Crippen molar-refractivity contribution in [3.05, 3.63) is 79.0 Å². The van der Waals surface area contributed by atoms with Crippen LogP contribution in [0.1, 0.15) is 5.82 Å². The van der Waals surface area contributed by atoms with Gasteiger partial charge in [0.05, 0.1) is 29.4 Å². The molecule has 0 aliphatic carbocycles. The molecular formula is C28H24N6O2. The number of hydrogen-bond acceptors (Lipinski definition) is 6. The lowest BCUT2D eigenvalue weighted by atomic mass is 9.97. The molecule has 8 heteroatoms. The molecule has 8 nitrogen and oxygen atoms in total. The van der Waals surface area contributed by atoms with Gasteiger partial charge in [0.15, 0.2) is 0 Å². The van der Waals surface area contributed by atoms with Crippen molar-refractivity contribution in [3.63, 3.8) is 0 Å². The molecule has 36 heavy (non-hydrogen) atoms. The summed E-state index contributed by atoms with van der Waals surface area (Å²) in [5, 5.41) is 15.4. The van der Waals surface area contributed by atoms with Crippen LogP contribution >= 0.6 is 0 Å². The highest BCUT2D eigenvalue weighted by Gasteiger charge is 2.20. The Morgan fingerprint density at radius 2 is 1.72 bits per heavy atom. The number of hydrogen-bond donors (Lipinski definition) is 1. The van der Waals surface area contributed by atoms with Gasteiger partial charge in [-0.2, -0.15) is 5.10 Å². The minimum absolute atomic E-state index is 0.138. The number of para-hydroxylation sites is 1. The molecule has 1 N–H and O–H groups in total. The van der Waals surface area contributed by atoms with E-state index < -0.39 is 0 Å². The van der Waals surface area contributed by atoms with Gasteiger partial charge in [-0.3, -0.25) is 4.68 Å². The summed E-state index contributed by atoms with van der Waals surface area (Å²) in [5.74, 6) is 1.29. The predicted octanol–water partition coefficient (Wildman–Crippen LogP) is 4.75. The second-order valence-corrected chi connectivity index (χ2v) is 8.64. The van der Waals surface area contributed by atoms with Crippen LogP contribution in [0, 0.1) is 0 Å². The molecule has 0 unspecified atom stereocenters. The molecule has 0 bridgehead atoms. The van der Waals surface area contributed by atoms with Gasteiger partial charge in [-0.15, -0.1) is 0 Å². The van der Waals surface area contributed by atoms with Crippen molar-refractivity contribution in [2.45, 2.75) is 6.61 Å². The fourth-order valence-electron chi connectivity index (χ4n) is 4.77. The quantitative estimate of drug-likeness (QED) is 0.386. The fourth-order valence-corrected chi connectivity index (χ4v) is 4.77. The van der Waals surface area contributed by atoms with Crippen LogP contribution in [-0.2, 0) is 20.7 Å². The summed E-state index contributed by atoms with van der Waals surface area (Å²) in [6, 6.07) is 20.1. The average Bonchev–Trinajstić information content (AvgIpc) is 3.47. The van der Waals surface area contributed by atoms with E-state index in [4.69, 9.17) is 19.8 Å². The number of aryl methyl sites for hydroxylation is 2. The maximum Gasteiger partial charge on any atom is 0.135 e. The third-order valence-electron chi connectivity index (χ3n) is 6.52. The van der Waals surface area contributed by atoms with Crippen molar-refractivity contribution < 1.29 is 9.84 Å². The Balaban J connectivity index is 1.63. The van der Waals surface area contributed by atoms with Crippen LogP contribution in [0.2, 0.25) is 0 Å². The average molecular weight is 477 g/mol. The van der Waals surface area contributed by atoms with E-state index in [1.54, 1.807) is 18.1 Å². The molecule has 0 saturated heterocycles. The lowest BCUT2D eigenvalue weighted by Crippen LogP contribution is -1.96. The summed E-state index contributed by atoms with van der Waals surface area (Å²) >= 11 is 0. The van der Waals surface area contributed by atoms with Gasteiger partial charge in [0, 0.05) is 54.0 Å². The first-order valence-electron chi connectivity index (χ1n) is 11.6. The second-order valence-electron chi connectivity index (χ2n) is 8.64. The largest absolute Gasteiger partial charge is 0.496 e. The summed E-state index contributed by atoms with van der Waals surface area (Å²) in [5.41, 5.74) is 7.87. The number of methoxy groups -OCH3 is 1. The van der Waals surface area contributed by atoms with E-state index in [0.717, 1.165) is 55.6 Å². The van der Waals surface area contributed by atoms with Crippen molar-refractivity contribution in [2.24, 2.45) is 14.1 Å². The fraction of sp³-hybridized carbons (Fsp3) is 0.143. The normalized spacial score (nSPS) is 11.4. The van der Waals surface area contributed by atoms with Crippen LogP contribution < -0.4 is 4.74 Å². The lowest BCUT2D eigenvalue weighted by Gasteiger charge is -2.13. The Labute approximate surface area is 207 Å². The van der Waals surface area contributed by atoms with Gasteiger partial charge in [0.2, 0.25) is 0 Å². The number of benzene rings is 3. The molecular weight excluding hydrogens is 452 g/mol. The van der Waals surface area contributed by atoms with Gasteiger partial charge in [0.1, 0.15) is 30.2 Å². The van der Waals surface area contributed by atoms with E-state index >= 15 is 0 Å². The highest BCUT2D eigenvalue weighted by molar-refractivity contribution is 6.02. The topological polar surface area (TPSA) is 90.9 Å². The molecule has 3 aromatic carbocycles. The van der Waals surface area contributed by atoms with Crippen LogP contribution in [0.15, 0.2) is 73.2 Å². The highest BCUT2D eigenvalue weighted by Crippen LogP contribution is 2.40. The van der Waals surface area contributed by atoms with E-state index in [1.807, 2.05) is 79.5 Å². The molecule has 3 heterocycles. The number of fused-ring (bicyclic) bond motifs is 2. The molecule has 3 aromatic heterocycles. The zero-order valence-electron chi connectivity index (χ0n) is 20.2. The number of ether oxygens (including phenoxy) is 1. The number of aliphatic hydroxyl groups is 1. The molecule has 6 aromatic rings. The molecule has 0 spiro atoms. The van der Waals surface area contributed by atoms with Gasteiger partial charge in [-0.1, -0.05) is 42.5 Å². The molecule has 0 fully saturated rings. The van der Waals surface area contributed by atoms with Crippen LogP contribution in [0.3, 0.4) is 0 Å². The predicted molar refractivity (Wildman–Crippen MR) is 139 cm³/mol. The van der Waals surface area contributed by atoms with Crippen LogP contribution in [0.5, 0.6) is 5.75 Å². The monoisotopic (exact) mass is 476 g/mol. The summed E-state index contributed by atoms with van der Waals surface area (Å²) in [4.78, 5) is 14.0. The first-order valence-corrected chi connectivity index (χ1v) is 11.6. The van der Waals surface area contributed by atoms with Crippen LogP contribution in [0.4, 0.5) is 0 Å². The van der Waals surface area contributed by atoms with Gasteiger partial charge < -0.3 is 14.4 Å². The number of aromatic nitrogens is 6. The van der Waals surface area contributed by atoms with E-state index in [-0.39, 0.29) is 6.61 Å². The summed E-state index contributed by atoms with van der Waals surface area (Å²) in [6.07, 6.45) is 3.56. The molecule has 0 aliphatic rings. The second kappa shape index (κ2) is 8.58. The zero-order chi connectivity index (χ0) is 24.8. The first-order chi connectivity index (χ1) is 17.6. The minimum Gasteiger partial charge on any atom is -0.496 e. The van der Waals surface area contributed by atoms with Gasteiger partial charge in [-0.05, 0) is 12.1 Å². The zero-order valence-corrected chi connectivity index (χ0v) is 20.2. The van der Waals surface area contributed by atoms with E-state index in [9.17, 15) is 5.11 Å². The third kappa shape index (κ3) is 3.42. The van der Waals surface area contributed by atoms with Crippen molar-refractivity contribution in [1.82, 2.24) is 29.3 Å². The van der Waals surface area contributed by atoms with Crippen LogP contribution in [-0.4, -0.2) is 41.5 Å². The Kier molecular flexibility index (Phi) is 5.23. The van der Waals surface area contributed by atoms with E-state index in [2.05, 4.69) is 11.1 Å². The molecule has 0 radical (unpaired) electrons. The van der Waals surface area contributed by atoms with Crippen molar-refractivity contribution >= 4 is 21.9 Å². The summed E-state index contributed by atoms with van der Waals surface area (Å²) < 4.78 is 9.51. The third-order valence-corrected chi connectivity index (χ3v) is 6.52. The summed E-state index contributed by atoms with van der Waals surface area (Å²) in [6.45, 7) is -0.138. The number of imidazole rings is 1. The lowest BCUT2D eigenvalue weighted by molar-refractivity contribution is 0.268. The molecule has 0 saturated carbocycles. The van der Waals surface area contributed by atoms with Gasteiger partial charge in [-0.25, -0.2) is 15.0 Å². The number of rotatable bonds is 5. The Morgan fingerprint density at radius 3 is 2.50 bits per heavy atom. The van der Waals surface area contributed by atoms with Crippen molar-refractivity contribution in [1.29, 1.82) is 0 Å². The molecule has 178 valence electrons. The van der Waals surface area contributed by atoms with E-state index in [1.165, 1.54) is 0 Å². The van der Waals surface area contributed by atoms with Gasteiger partial charge in [0.25, 0.3) is 0 Å². The van der Waals surface area contributed by atoms with E-state index in [0.29, 0.717) is 11.6 Å². The standard InChI is InChI=1S/C28H24N6O2/c1-33-14-21(26(32-33)17-8-5-4-6-9-17)27-20-12-19(24(36-3)13-22(20)29-16-30-27)18-10-7-11-23-28(18)31-25(15-35)34(23)2/h4-14,16,35H,15H2,1-3H3. The Morgan fingerprint density at radius 1 is 0.889 bits per heavy atom. The molecule has 0 aliphatic heterocycles. The Hall–Kier alpha value is -4.56. The van der Waals surface area contributed by atoms with Crippen molar-refractivity contribution in [3.8, 4) is 39.4 Å². The SMILES string of the molecule is COc1cc2ncnc(-c3cn(C)nc3-c3ccccc3)c2cc1-c1cccc2c1nc(CO)n2C. The first kappa shape index (κ1) is 21.9. The highest BCUT2D eigenvalue weighted by atomic mass is 16.5. The molecule has 0 amide bonds. The minimum atomic E-state index is -0.138. The van der Waals surface area contributed by atoms with Gasteiger partial charge >= 0.3 is 0 Å². The number of aliphatic hydroxyl groups excluding tert-OH is 1. The maximum atomic E-state index is 9.77. The summed E-state index contributed by atoms with van der Waals surface area (Å²) in [7, 11) is 5.47. The number of nitrogens with zero attached hydrogens (tertiary/aromatic N) is 6. The molecule has 6 rings (SSSR count). The van der Waals surface area contributed by atoms with Crippen LogP contribution in [0.25, 0.3) is 55.6 Å².